The molecule has 2 aromatic rings. The van der Waals surface area contributed by atoms with Crippen molar-refractivity contribution >= 4 is 11.8 Å². The number of carbonyl (C=O) groups is 1. The van der Waals surface area contributed by atoms with Crippen LogP contribution in [-0.4, -0.2) is 47.0 Å². The normalized spacial score (nSPS) is 19.6. The van der Waals surface area contributed by atoms with Crippen LogP contribution >= 0.6 is 0 Å². The fourth-order valence-corrected chi connectivity index (χ4v) is 3.26. The van der Waals surface area contributed by atoms with Crippen molar-refractivity contribution in [1.29, 1.82) is 0 Å². The molecule has 1 aliphatic heterocycles. The van der Waals surface area contributed by atoms with Crippen LogP contribution in [0.1, 0.15) is 24.0 Å². The summed E-state index contributed by atoms with van der Waals surface area (Å²) in [4.78, 5) is 11.5. The Kier molecular flexibility index (Phi) is 5.92. The summed E-state index contributed by atoms with van der Waals surface area (Å²) in [6, 6.07) is 4.18. The molecule has 2 atom stereocenters. The second-order valence-electron chi connectivity index (χ2n) is 6.89. The molecule has 0 saturated carbocycles. The number of esters is 1. The van der Waals surface area contributed by atoms with Crippen LogP contribution in [0.5, 0.6) is 5.75 Å². The van der Waals surface area contributed by atoms with E-state index in [0.29, 0.717) is 36.1 Å². The molecule has 2 heterocycles. The van der Waals surface area contributed by atoms with Gasteiger partial charge in [0, 0.05) is 18.2 Å². The average molecular weight is 410 g/mol. The van der Waals surface area contributed by atoms with Crippen LogP contribution in [0.25, 0.3) is 11.3 Å². The first-order valence-corrected chi connectivity index (χ1v) is 9.01. The first-order chi connectivity index (χ1) is 13.7. The van der Waals surface area contributed by atoms with E-state index in [4.69, 9.17) is 4.74 Å². The summed E-state index contributed by atoms with van der Waals surface area (Å²) >= 11 is 0. The van der Waals surface area contributed by atoms with Crippen LogP contribution in [0.3, 0.4) is 0 Å². The Bertz CT molecular complexity index is 897. The Morgan fingerprint density at radius 1 is 1.28 bits per heavy atom. The zero-order valence-electron chi connectivity index (χ0n) is 15.9. The van der Waals surface area contributed by atoms with E-state index in [2.05, 4.69) is 20.8 Å². The van der Waals surface area contributed by atoms with E-state index in [-0.39, 0.29) is 23.6 Å². The second kappa shape index (κ2) is 8.24. The van der Waals surface area contributed by atoms with Crippen molar-refractivity contribution in [3.63, 3.8) is 0 Å². The van der Waals surface area contributed by atoms with Gasteiger partial charge < -0.3 is 20.5 Å². The van der Waals surface area contributed by atoms with Gasteiger partial charge in [-0.25, -0.2) is 0 Å². The van der Waals surface area contributed by atoms with Gasteiger partial charge in [0.05, 0.1) is 18.4 Å². The van der Waals surface area contributed by atoms with E-state index in [1.54, 1.807) is 13.0 Å². The third-order valence-electron chi connectivity index (χ3n) is 4.82. The maximum absolute atomic E-state index is 12.8. The summed E-state index contributed by atoms with van der Waals surface area (Å²) in [6.07, 6.45) is -3.19. The van der Waals surface area contributed by atoms with E-state index in [1.165, 1.54) is 13.2 Å². The second-order valence-corrected chi connectivity index (χ2v) is 6.89. The summed E-state index contributed by atoms with van der Waals surface area (Å²) in [5, 5.41) is 24.5. The molecule has 156 valence electrons. The van der Waals surface area contributed by atoms with Gasteiger partial charge >= 0.3 is 12.1 Å². The van der Waals surface area contributed by atoms with Crippen molar-refractivity contribution < 1.29 is 27.8 Å². The van der Waals surface area contributed by atoms with Gasteiger partial charge in [0.1, 0.15) is 17.6 Å². The standard InChI is InChI=1S/C19H21F3N4O3/c1-10-7-16(24-12-4-6-14(23-9-12)18(28)29-2)25-26-17(10)13-5-3-11(8-15(13)27)19(20,21)22/h3,5,7-8,12,14,23,27H,4,6,9H2,1-2H3,(H,24,25)/t12-,14-/m1/s1. The topological polar surface area (TPSA) is 96.4 Å². The number of hydrogen-bond acceptors (Lipinski definition) is 7. The van der Waals surface area contributed by atoms with E-state index >= 15 is 0 Å². The number of nitrogens with one attached hydrogen (secondary N) is 2. The third kappa shape index (κ3) is 4.76. The minimum atomic E-state index is -4.54. The van der Waals surface area contributed by atoms with Crippen molar-refractivity contribution in [2.45, 2.75) is 38.0 Å². The average Bonchev–Trinajstić information content (AvgIpc) is 2.68. The summed E-state index contributed by atoms with van der Waals surface area (Å²) in [7, 11) is 1.35. The minimum Gasteiger partial charge on any atom is -0.507 e. The molecule has 1 saturated heterocycles. The number of phenolic OH excluding ortho intramolecular Hbond substituents is 1. The quantitative estimate of drug-likeness (QED) is 0.667. The number of piperidine rings is 1. The van der Waals surface area contributed by atoms with Gasteiger partial charge in [-0.1, -0.05) is 0 Å². The number of phenols is 1. The molecule has 0 spiro atoms. The number of carbonyl (C=O) groups excluding carboxylic acids is 1. The number of methoxy groups -OCH3 is 1. The van der Waals surface area contributed by atoms with Crippen LogP contribution in [0.4, 0.5) is 19.0 Å². The van der Waals surface area contributed by atoms with Gasteiger partial charge in [0.15, 0.2) is 0 Å². The number of halogens is 3. The molecule has 0 aliphatic carbocycles. The maximum Gasteiger partial charge on any atom is 0.416 e. The van der Waals surface area contributed by atoms with Crippen molar-refractivity contribution in [1.82, 2.24) is 15.5 Å². The highest BCUT2D eigenvalue weighted by Gasteiger charge is 2.31. The lowest BCUT2D eigenvalue weighted by Gasteiger charge is -2.29. The number of alkyl halides is 3. The molecule has 1 aliphatic rings. The van der Waals surface area contributed by atoms with Gasteiger partial charge in [-0.3, -0.25) is 4.79 Å². The number of hydrogen-bond donors (Lipinski definition) is 3. The van der Waals surface area contributed by atoms with Gasteiger partial charge in [-0.15, -0.1) is 10.2 Å². The molecule has 10 heteroatoms. The number of ether oxygens (including phenoxy) is 1. The molecule has 0 unspecified atom stereocenters. The smallest absolute Gasteiger partial charge is 0.416 e. The van der Waals surface area contributed by atoms with Crippen molar-refractivity contribution in [2.24, 2.45) is 0 Å². The molecule has 0 amide bonds. The van der Waals surface area contributed by atoms with E-state index in [9.17, 15) is 23.1 Å². The first kappa shape index (κ1) is 20.8. The SMILES string of the molecule is COC(=O)[C@H]1CC[C@@H](Nc2cc(C)c(-c3ccc(C(F)(F)F)cc3O)nn2)CN1. The summed E-state index contributed by atoms with van der Waals surface area (Å²) in [5.41, 5.74) is 0.190. The predicted octanol–water partition coefficient (Wildman–Crippen LogP) is 2.88. The van der Waals surface area contributed by atoms with E-state index < -0.39 is 17.5 Å². The summed E-state index contributed by atoms with van der Waals surface area (Å²) in [5.74, 6) is -0.302. The third-order valence-corrected chi connectivity index (χ3v) is 4.82. The van der Waals surface area contributed by atoms with E-state index in [0.717, 1.165) is 12.5 Å². The lowest BCUT2D eigenvalue weighted by molar-refractivity contribution is -0.143. The Labute approximate surface area is 165 Å². The summed E-state index contributed by atoms with van der Waals surface area (Å²) in [6.45, 7) is 2.28. The zero-order valence-corrected chi connectivity index (χ0v) is 15.9. The molecule has 29 heavy (non-hydrogen) atoms. The van der Waals surface area contributed by atoms with Gasteiger partial charge in [-0.05, 0) is 49.6 Å². The Morgan fingerprint density at radius 2 is 2.03 bits per heavy atom. The highest BCUT2D eigenvalue weighted by atomic mass is 19.4. The fraction of sp³-hybridized carbons (Fsp3) is 0.421. The van der Waals surface area contributed by atoms with Crippen LogP contribution in [-0.2, 0) is 15.7 Å². The monoisotopic (exact) mass is 410 g/mol. The molecular weight excluding hydrogens is 389 g/mol. The van der Waals surface area contributed by atoms with Gasteiger partial charge in [-0.2, -0.15) is 13.2 Å². The van der Waals surface area contributed by atoms with Crippen LogP contribution in [0, 0.1) is 6.92 Å². The number of aryl methyl sites for hydroxylation is 1. The van der Waals surface area contributed by atoms with Crippen molar-refractivity contribution in [3.8, 4) is 17.0 Å². The van der Waals surface area contributed by atoms with Crippen LogP contribution < -0.4 is 10.6 Å². The molecule has 1 aromatic heterocycles. The summed E-state index contributed by atoms with van der Waals surface area (Å²) < 4.78 is 43.0. The van der Waals surface area contributed by atoms with Gasteiger partial charge in [0.25, 0.3) is 0 Å². The molecular formula is C19H21F3N4O3. The minimum absolute atomic E-state index is 0.0370. The number of aromatic hydroxyl groups is 1. The zero-order chi connectivity index (χ0) is 21.2. The first-order valence-electron chi connectivity index (χ1n) is 9.01. The number of benzene rings is 1. The van der Waals surface area contributed by atoms with Crippen molar-refractivity contribution in [3.05, 3.63) is 35.4 Å². The number of anilines is 1. The molecule has 7 nitrogen and oxygen atoms in total. The Balaban J connectivity index is 1.71. The molecule has 1 fully saturated rings. The lowest BCUT2D eigenvalue weighted by Crippen LogP contribution is -2.48. The fourth-order valence-electron chi connectivity index (χ4n) is 3.26. The largest absolute Gasteiger partial charge is 0.507 e. The van der Waals surface area contributed by atoms with Gasteiger partial charge in [0.2, 0.25) is 0 Å². The Morgan fingerprint density at radius 3 is 2.59 bits per heavy atom. The Hall–Kier alpha value is -2.88. The maximum atomic E-state index is 12.8. The molecule has 0 radical (unpaired) electrons. The molecule has 3 rings (SSSR count). The number of rotatable bonds is 4. The molecule has 0 bridgehead atoms. The van der Waals surface area contributed by atoms with Crippen LogP contribution in [0.2, 0.25) is 0 Å². The van der Waals surface area contributed by atoms with Crippen LogP contribution in [0.15, 0.2) is 24.3 Å². The number of aromatic nitrogens is 2. The molecule has 1 aromatic carbocycles. The van der Waals surface area contributed by atoms with E-state index in [1.807, 2.05) is 0 Å². The number of nitrogens with zero attached hydrogens (tertiary/aromatic N) is 2. The van der Waals surface area contributed by atoms with Crippen molar-refractivity contribution in [2.75, 3.05) is 19.0 Å². The predicted molar refractivity (Wildman–Crippen MR) is 99.3 cm³/mol. The highest BCUT2D eigenvalue weighted by Crippen LogP contribution is 2.36. The lowest BCUT2D eigenvalue weighted by atomic mass is 10.0. The molecule has 3 N–H and O–H groups in total. The highest BCUT2D eigenvalue weighted by molar-refractivity contribution is 5.75.